The minimum Gasteiger partial charge on any atom is -0.465 e. The van der Waals surface area contributed by atoms with Gasteiger partial charge in [-0.2, -0.15) is 9.97 Å². The average molecular weight is 463 g/mol. The Balaban J connectivity index is 1.36. The van der Waals surface area contributed by atoms with Crippen LogP contribution >= 0.6 is 12.2 Å². The van der Waals surface area contributed by atoms with Gasteiger partial charge in [-0.1, -0.05) is 31.2 Å². The lowest BCUT2D eigenvalue weighted by molar-refractivity contribution is 0.444. The molecule has 33 heavy (non-hydrogen) atoms. The molecule has 1 saturated heterocycles. The van der Waals surface area contributed by atoms with Crippen LogP contribution in [0.5, 0.6) is 0 Å². The normalized spacial score (nSPS) is 17.7. The smallest absolute Gasteiger partial charge is 0.232 e. The number of thiocarbonyl (C=S) groups is 1. The van der Waals surface area contributed by atoms with Crippen LogP contribution in [0.15, 0.2) is 46.9 Å². The van der Waals surface area contributed by atoms with E-state index in [2.05, 4.69) is 57.7 Å². The van der Waals surface area contributed by atoms with Gasteiger partial charge in [0.05, 0.1) is 6.54 Å². The van der Waals surface area contributed by atoms with Gasteiger partial charge in [-0.25, -0.2) is 0 Å². The summed E-state index contributed by atoms with van der Waals surface area (Å²) in [5.74, 6) is 4.77. The molecule has 7 nitrogen and oxygen atoms in total. The number of nitrogens with zero attached hydrogens (tertiary/aromatic N) is 4. The van der Waals surface area contributed by atoms with Gasteiger partial charge < -0.3 is 24.9 Å². The molecule has 8 heteroatoms. The molecule has 5 rings (SSSR count). The number of nitrogens with one attached hydrogen (secondary N) is 2. The Morgan fingerprint density at radius 1 is 1.09 bits per heavy atom. The van der Waals surface area contributed by atoms with E-state index in [4.69, 9.17) is 26.6 Å². The van der Waals surface area contributed by atoms with Crippen LogP contribution in [0.2, 0.25) is 0 Å². The van der Waals surface area contributed by atoms with Crippen molar-refractivity contribution in [1.29, 1.82) is 0 Å². The first kappa shape index (κ1) is 21.7. The summed E-state index contributed by atoms with van der Waals surface area (Å²) in [7, 11) is 0. The van der Waals surface area contributed by atoms with Crippen molar-refractivity contribution in [3.8, 4) is 0 Å². The molecular weight excluding hydrogens is 432 g/mol. The van der Waals surface area contributed by atoms with E-state index in [0.29, 0.717) is 23.5 Å². The van der Waals surface area contributed by atoms with Crippen molar-refractivity contribution in [2.45, 2.75) is 46.3 Å². The Kier molecular flexibility index (Phi) is 6.17. The highest BCUT2D eigenvalue weighted by Gasteiger charge is 2.24. The Morgan fingerprint density at radius 3 is 2.48 bits per heavy atom. The van der Waals surface area contributed by atoms with Crippen LogP contribution in [0, 0.1) is 12.8 Å². The minimum absolute atomic E-state index is 0.476. The van der Waals surface area contributed by atoms with Gasteiger partial charge >= 0.3 is 0 Å². The van der Waals surface area contributed by atoms with Gasteiger partial charge in [0.25, 0.3) is 0 Å². The molecule has 0 spiro atoms. The fourth-order valence-corrected chi connectivity index (χ4v) is 4.75. The van der Waals surface area contributed by atoms with Gasteiger partial charge in [0.2, 0.25) is 5.95 Å². The highest BCUT2D eigenvalue weighted by Crippen LogP contribution is 2.31. The maximum absolute atomic E-state index is 5.62. The molecule has 0 saturated carbocycles. The lowest BCUT2D eigenvalue weighted by Crippen LogP contribution is -2.35. The van der Waals surface area contributed by atoms with Gasteiger partial charge in [0.15, 0.2) is 5.11 Å². The van der Waals surface area contributed by atoms with Crippen molar-refractivity contribution in [3.63, 3.8) is 0 Å². The van der Waals surface area contributed by atoms with Crippen LogP contribution < -0.4 is 20.4 Å². The zero-order valence-electron chi connectivity index (χ0n) is 19.2. The number of rotatable bonds is 5. The number of benzene rings is 1. The standard InChI is InChI=1S/C25H30N6OS/c1-17-6-5-11-30(14-17)22-12-23(31-15-19-7-3-4-8-20(19)16-31)28-24(27-22)29-25(33)26-13-21-10-9-18(2)32-21/h3-4,7-10,12,17H,5-6,11,13-16H2,1-2H3,(H2,26,27,28,29,33). The first-order chi connectivity index (χ1) is 16.0. The molecule has 2 N–H and O–H groups in total. The summed E-state index contributed by atoms with van der Waals surface area (Å²) in [6.45, 7) is 8.47. The van der Waals surface area contributed by atoms with E-state index in [1.165, 1.54) is 24.0 Å². The van der Waals surface area contributed by atoms with E-state index in [-0.39, 0.29) is 0 Å². The van der Waals surface area contributed by atoms with Crippen molar-refractivity contribution in [1.82, 2.24) is 15.3 Å². The molecule has 0 aliphatic carbocycles. The first-order valence-electron chi connectivity index (χ1n) is 11.6. The molecule has 1 aromatic carbocycles. The molecule has 1 atom stereocenters. The van der Waals surface area contributed by atoms with Gasteiger partial charge in [-0.3, -0.25) is 0 Å². The zero-order chi connectivity index (χ0) is 22.8. The van der Waals surface area contributed by atoms with Crippen LogP contribution in [0.4, 0.5) is 17.6 Å². The summed E-state index contributed by atoms with van der Waals surface area (Å²) >= 11 is 5.52. The van der Waals surface area contributed by atoms with Crippen LogP contribution in [0.1, 0.15) is 42.4 Å². The highest BCUT2D eigenvalue weighted by molar-refractivity contribution is 7.80. The Bertz CT molecular complexity index is 1120. The van der Waals surface area contributed by atoms with E-state index in [1.807, 2.05) is 19.1 Å². The van der Waals surface area contributed by atoms with Crippen LogP contribution in [-0.4, -0.2) is 28.2 Å². The minimum atomic E-state index is 0.476. The average Bonchev–Trinajstić information content (AvgIpc) is 3.43. The van der Waals surface area contributed by atoms with Crippen molar-refractivity contribution in [2.75, 3.05) is 28.2 Å². The Labute approximate surface area is 200 Å². The number of aryl methyl sites for hydroxylation is 1. The van der Waals surface area contributed by atoms with E-state index < -0.39 is 0 Å². The third kappa shape index (κ3) is 5.11. The number of piperidine rings is 1. The number of fused-ring (bicyclic) bond motifs is 1. The SMILES string of the molecule is Cc1ccc(CNC(=S)Nc2nc(N3Cc4ccccc4C3)cc(N3CCCC(C)C3)n2)o1. The largest absolute Gasteiger partial charge is 0.465 e. The van der Waals surface area contributed by atoms with E-state index in [0.717, 1.165) is 49.3 Å². The van der Waals surface area contributed by atoms with E-state index >= 15 is 0 Å². The number of hydrogen-bond donors (Lipinski definition) is 2. The van der Waals surface area contributed by atoms with Crippen molar-refractivity contribution >= 4 is 34.9 Å². The Hall–Kier alpha value is -3.13. The van der Waals surface area contributed by atoms with Gasteiger partial charge in [-0.15, -0.1) is 0 Å². The molecule has 1 unspecified atom stereocenters. The second kappa shape index (κ2) is 9.39. The van der Waals surface area contributed by atoms with Gasteiger partial charge in [0.1, 0.15) is 23.2 Å². The summed E-state index contributed by atoms with van der Waals surface area (Å²) in [5, 5.41) is 6.86. The van der Waals surface area contributed by atoms with Crippen molar-refractivity contribution < 1.29 is 4.42 Å². The fourth-order valence-electron chi connectivity index (χ4n) is 4.59. The van der Waals surface area contributed by atoms with E-state index in [9.17, 15) is 0 Å². The van der Waals surface area contributed by atoms with E-state index in [1.54, 1.807) is 0 Å². The zero-order valence-corrected chi connectivity index (χ0v) is 20.0. The molecule has 0 radical (unpaired) electrons. The van der Waals surface area contributed by atoms with Crippen LogP contribution in [0.3, 0.4) is 0 Å². The third-order valence-corrected chi connectivity index (χ3v) is 6.54. The quantitative estimate of drug-likeness (QED) is 0.533. The summed E-state index contributed by atoms with van der Waals surface area (Å²) in [6.07, 6.45) is 2.45. The third-order valence-electron chi connectivity index (χ3n) is 6.29. The second-order valence-electron chi connectivity index (χ2n) is 9.05. The lowest BCUT2D eigenvalue weighted by atomic mass is 10.0. The molecule has 2 aliphatic rings. The molecule has 4 heterocycles. The molecule has 2 aliphatic heterocycles. The number of anilines is 3. The van der Waals surface area contributed by atoms with Gasteiger partial charge in [0, 0.05) is 32.2 Å². The monoisotopic (exact) mass is 462 g/mol. The first-order valence-corrected chi connectivity index (χ1v) is 12.0. The number of hydrogen-bond acceptors (Lipinski definition) is 6. The number of furan rings is 1. The Morgan fingerprint density at radius 2 is 1.82 bits per heavy atom. The van der Waals surface area contributed by atoms with Crippen LogP contribution in [-0.2, 0) is 19.6 Å². The molecule has 0 bridgehead atoms. The topological polar surface area (TPSA) is 69.5 Å². The highest BCUT2D eigenvalue weighted by atomic mass is 32.1. The molecular formula is C25H30N6OS. The van der Waals surface area contributed by atoms with Crippen molar-refractivity contribution in [2.24, 2.45) is 5.92 Å². The maximum atomic E-state index is 5.62. The van der Waals surface area contributed by atoms with Crippen LogP contribution in [0.25, 0.3) is 0 Å². The maximum Gasteiger partial charge on any atom is 0.232 e. The fraction of sp³-hybridized carbons (Fsp3) is 0.400. The summed E-state index contributed by atoms with van der Waals surface area (Å²) in [6, 6.07) is 14.6. The predicted octanol–water partition coefficient (Wildman–Crippen LogP) is 4.62. The summed E-state index contributed by atoms with van der Waals surface area (Å²) < 4.78 is 5.62. The molecule has 172 valence electrons. The number of aromatic nitrogens is 2. The molecule has 3 aromatic rings. The molecule has 0 amide bonds. The summed E-state index contributed by atoms with van der Waals surface area (Å²) in [5.41, 5.74) is 2.70. The summed E-state index contributed by atoms with van der Waals surface area (Å²) in [4.78, 5) is 14.3. The predicted molar refractivity (Wildman–Crippen MR) is 135 cm³/mol. The molecule has 1 fully saturated rings. The van der Waals surface area contributed by atoms with Gasteiger partial charge in [-0.05, 0) is 61.2 Å². The van der Waals surface area contributed by atoms with Crippen molar-refractivity contribution in [3.05, 3.63) is 65.1 Å². The molecule has 2 aromatic heterocycles. The second-order valence-corrected chi connectivity index (χ2v) is 9.45. The lowest BCUT2D eigenvalue weighted by Gasteiger charge is -2.32.